The summed E-state index contributed by atoms with van der Waals surface area (Å²) in [5.74, 6) is 0.659. The second-order valence-corrected chi connectivity index (χ2v) is 6.57. The highest BCUT2D eigenvalue weighted by Gasteiger charge is 2.22. The van der Waals surface area contributed by atoms with Gasteiger partial charge in [-0.05, 0) is 65.6 Å². The zero-order valence-electron chi connectivity index (χ0n) is 12.3. The molecule has 0 aliphatic carbocycles. The van der Waals surface area contributed by atoms with Gasteiger partial charge in [0.25, 0.3) is 5.91 Å². The molecular formula is C16H24INO. The Morgan fingerprint density at radius 2 is 1.68 bits per heavy atom. The van der Waals surface area contributed by atoms with Crippen LogP contribution in [0.5, 0.6) is 0 Å². The van der Waals surface area contributed by atoms with Crippen molar-refractivity contribution in [3.05, 3.63) is 33.4 Å². The van der Waals surface area contributed by atoms with Gasteiger partial charge >= 0.3 is 0 Å². The number of benzene rings is 1. The highest BCUT2D eigenvalue weighted by molar-refractivity contribution is 14.1. The largest absolute Gasteiger partial charge is 0.335 e. The Bertz CT molecular complexity index is 396. The fourth-order valence-corrected chi connectivity index (χ4v) is 2.64. The minimum absolute atomic E-state index is 0.166. The molecule has 3 heteroatoms. The molecule has 106 valence electrons. The molecule has 1 rings (SSSR count). The molecule has 1 amide bonds. The second kappa shape index (κ2) is 7.88. The highest BCUT2D eigenvalue weighted by atomic mass is 127. The van der Waals surface area contributed by atoms with Gasteiger partial charge in [-0.3, -0.25) is 4.79 Å². The van der Waals surface area contributed by atoms with Crippen molar-refractivity contribution in [1.82, 2.24) is 4.90 Å². The molecule has 2 nitrogen and oxygen atoms in total. The number of halogens is 1. The van der Waals surface area contributed by atoms with Crippen LogP contribution in [0.2, 0.25) is 0 Å². The summed E-state index contributed by atoms with van der Waals surface area (Å²) in [6.45, 7) is 9.47. The van der Waals surface area contributed by atoms with Crippen LogP contribution in [0.3, 0.4) is 0 Å². The van der Waals surface area contributed by atoms with Crippen LogP contribution in [-0.4, -0.2) is 23.4 Å². The topological polar surface area (TPSA) is 20.3 Å². The lowest BCUT2D eigenvalue weighted by Crippen LogP contribution is -2.42. The molecule has 0 saturated carbocycles. The number of rotatable bonds is 6. The zero-order valence-corrected chi connectivity index (χ0v) is 14.5. The van der Waals surface area contributed by atoms with Crippen LogP contribution in [0, 0.1) is 9.49 Å². The lowest BCUT2D eigenvalue weighted by molar-refractivity contribution is 0.0640. The summed E-state index contributed by atoms with van der Waals surface area (Å²) >= 11 is 2.26. The van der Waals surface area contributed by atoms with Crippen LogP contribution >= 0.6 is 22.6 Å². The summed E-state index contributed by atoms with van der Waals surface area (Å²) in [6.07, 6.45) is 2.03. The Morgan fingerprint density at radius 3 is 2.11 bits per heavy atom. The van der Waals surface area contributed by atoms with Gasteiger partial charge in [0.2, 0.25) is 0 Å². The van der Waals surface area contributed by atoms with Gasteiger partial charge in [-0.15, -0.1) is 0 Å². The van der Waals surface area contributed by atoms with E-state index in [1.807, 2.05) is 29.2 Å². The second-order valence-electron chi connectivity index (χ2n) is 5.33. The minimum Gasteiger partial charge on any atom is -0.335 e. The molecule has 0 aromatic heterocycles. The molecule has 1 aromatic rings. The third kappa shape index (κ3) is 4.79. The smallest absolute Gasteiger partial charge is 0.254 e. The Morgan fingerprint density at radius 1 is 1.16 bits per heavy atom. The first kappa shape index (κ1) is 16.5. The average molecular weight is 373 g/mol. The Balaban J connectivity index is 2.96. The van der Waals surface area contributed by atoms with Gasteiger partial charge in [0.15, 0.2) is 0 Å². The van der Waals surface area contributed by atoms with Crippen molar-refractivity contribution < 1.29 is 4.79 Å². The molecule has 0 heterocycles. The van der Waals surface area contributed by atoms with Crippen LogP contribution in [-0.2, 0) is 0 Å². The zero-order chi connectivity index (χ0) is 14.4. The summed E-state index contributed by atoms with van der Waals surface area (Å²) in [6, 6.07) is 8.19. The predicted octanol–water partition coefficient (Wildman–Crippen LogP) is 4.58. The summed E-state index contributed by atoms with van der Waals surface area (Å²) < 4.78 is 1.16. The third-order valence-electron chi connectivity index (χ3n) is 3.30. The van der Waals surface area contributed by atoms with E-state index in [1.54, 1.807) is 0 Å². The molecular weight excluding hydrogens is 349 g/mol. The van der Waals surface area contributed by atoms with E-state index in [0.29, 0.717) is 12.0 Å². The molecule has 0 aliphatic heterocycles. The maximum Gasteiger partial charge on any atom is 0.254 e. The number of hydrogen-bond donors (Lipinski definition) is 0. The Hall–Kier alpha value is -0.580. The first-order valence-electron chi connectivity index (χ1n) is 7.06. The van der Waals surface area contributed by atoms with E-state index in [0.717, 1.165) is 28.5 Å². The monoisotopic (exact) mass is 373 g/mol. The first-order valence-corrected chi connectivity index (χ1v) is 8.13. The van der Waals surface area contributed by atoms with Gasteiger partial charge in [-0.2, -0.15) is 0 Å². The summed E-state index contributed by atoms with van der Waals surface area (Å²) in [7, 11) is 0. The Labute approximate surface area is 130 Å². The maximum atomic E-state index is 12.7. The van der Waals surface area contributed by atoms with Crippen LogP contribution < -0.4 is 0 Å². The van der Waals surface area contributed by atoms with Crippen molar-refractivity contribution in [1.29, 1.82) is 0 Å². The van der Waals surface area contributed by atoms with Crippen LogP contribution in [0.15, 0.2) is 24.3 Å². The van der Waals surface area contributed by atoms with E-state index < -0.39 is 0 Å². The average Bonchev–Trinajstić information content (AvgIpc) is 2.38. The van der Waals surface area contributed by atoms with Crippen LogP contribution in [0.25, 0.3) is 0 Å². The maximum absolute atomic E-state index is 12.7. The SMILES string of the molecule is CCC(CC)N(CC(C)C)C(=O)c1ccc(I)cc1. The normalized spacial score (nSPS) is 11.1. The number of carbonyl (C=O) groups is 1. The van der Waals surface area contributed by atoms with Crippen molar-refractivity contribution in [3.63, 3.8) is 0 Å². The number of hydrogen-bond acceptors (Lipinski definition) is 1. The molecule has 0 fully saturated rings. The van der Waals surface area contributed by atoms with Crippen molar-refractivity contribution in [2.75, 3.05) is 6.54 Å². The number of nitrogens with zero attached hydrogens (tertiary/aromatic N) is 1. The lowest BCUT2D eigenvalue weighted by atomic mass is 10.1. The van der Waals surface area contributed by atoms with E-state index in [-0.39, 0.29) is 5.91 Å². The van der Waals surface area contributed by atoms with Gasteiger partial charge in [-0.1, -0.05) is 27.7 Å². The minimum atomic E-state index is 0.166. The van der Waals surface area contributed by atoms with Crippen molar-refractivity contribution in [3.8, 4) is 0 Å². The van der Waals surface area contributed by atoms with E-state index in [2.05, 4.69) is 50.3 Å². The Kier molecular flexibility index (Phi) is 6.83. The molecule has 0 N–H and O–H groups in total. The van der Waals surface area contributed by atoms with E-state index >= 15 is 0 Å². The van der Waals surface area contributed by atoms with Crippen molar-refractivity contribution in [2.24, 2.45) is 5.92 Å². The van der Waals surface area contributed by atoms with Crippen LogP contribution in [0.4, 0.5) is 0 Å². The molecule has 0 spiro atoms. The molecule has 0 radical (unpaired) electrons. The van der Waals surface area contributed by atoms with Gasteiger partial charge in [0.1, 0.15) is 0 Å². The quantitative estimate of drug-likeness (QED) is 0.669. The molecule has 0 atom stereocenters. The van der Waals surface area contributed by atoms with E-state index in [4.69, 9.17) is 0 Å². The lowest BCUT2D eigenvalue weighted by Gasteiger charge is -2.32. The highest BCUT2D eigenvalue weighted by Crippen LogP contribution is 2.16. The van der Waals surface area contributed by atoms with Gasteiger partial charge < -0.3 is 4.90 Å². The van der Waals surface area contributed by atoms with Crippen LogP contribution in [0.1, 0.15) is 50.9 Å². The molecule has 1 aromatic carbocycles. The van der Waals surface area contributed by atoms with E-state index in [9.17, 15) is 4.79 Å². The number of carbonyl (C=O) groups excluding carboxylic acids is 1. The molecule has 0 aliphatic rings. The molecule has 19 heavy (non-hydrogen) atoms. The molecule has 0 unspecified atom stereocenters. The van der Waals surface area contributed by atoms with Crippen molar-refractivity contribution in [2.45, 2.75) is 46.6 Å². The standard InChI is InChI=1S/C16H24INO/c1-5-15(6-2)18(11-12(3)4)16(19)13-7-9-14(17)10-8-13/h7-10,12,15H,5-6,11H2,1-4H3. The first-order chi connectivity index (χ1) is 8.99. The summed E-state index contributed by atoms with van der Waals surface area (Å²) in [4.78, 5) is 14.7. The van der Waals surface area contributed by atoms with Gasteiger partial charge in [-0.25, -0.2) is 0 Å². The summed E-state index contributed by atoms with van der Waals surface area (Å²) in [5, 5.41) is 0. The third-order valence-corrected chi connectivity index (χ3v) is 4.02. The van der Waals surface area contributed by atoms with Gasteiger partial charge in [0, 0.05) is 21.7 Å². The number of amides is 1. The fraction of sp³-hybridized carbons (Fsp3) is 0.562. The predicted molar refractivity (Wildman–Crippen MR) is 89.4 cm³/mol. The van der Waals surface area contributed by atoms with E-state index in [1.165, 1.54) is 0 Å². The fourth-order valence-electron chi connectivity index (χ4n) is 2.28. The molecule has 0 bridgehead atoms. The van der Waals surface area contributed by atoms with Crippen molar-refractivity contribution >= 4 is 28.5 Å². The van der Waals surface area contributed by atoms with Gasteiger partial charge in [0.05, 0.1) is 0 Å². The summed E-state index contributed by atoms with van der Waals surface area (Å²) in [5.41, 5.74) is 0.799. The molecule has 0 saturated heterocycles.